The van der Waals surface area contributed by atoms with Crippen LogP contribution in [-0.4, -0.2) is 51.6 Å². The van der Waals surface area contributed by atoms with Gasteiger partial charge in [-0.2, -0.15) is 13.2 Å². The number of imidazole rings is 1. The highest BCUT2D eigenvalue weighted by atomic mass is 19.4. The fourth-order valence-electron chi connectivity index (χ4n) is 3.61. The number of alkyl halides is 3. The van der Waals surface area contributed by atoms with E-state index in [4.69, 9.17) is 9.47 Å². The minimum absolute atomic E-state index is 0.176. The Hall–Kier alpha value is -3.56. The molecule has 7 nitrogen and oxygen atoms in total. The van der Waals surface area contributed by atoms with Gasteiger partial charge in [-0.25, -0.2) is 9.97 Å². The highest BCUT2D eigenvalue weighted by molar-refractivity contribution is 5.94. The molecule has 4 rings (SSSR count). The second kappa shape index (κ2) is 8.52. The molecule has 0 saturated carbocycles. The number of amides is 1. The zero-order valence-corrected chi connectivity index (χ0v) is 17.5. The van der Waals surface area contributed by atoms with Crippen LogP contribution >= 0.6 is 0 Å². The average Bonchev–Trinajstić information content (AvgIpc) is 3.41. The van der Waals surface area contributed by atoms with Gasteiger partial charge in [-0.15, -0.1) is 0 Å². The highest BCUT2D eigenvalue weighted by Gasteiger charge is 2.36. The molecule has 1 atom stereocenters. The first-order valence-corrected chi connectivity index (χ1v) is 9.93. The van der Waals surface area contributed by atoms with E-state index in [1.165, 1.54) is 31.5 Å². The van der Waals surface area contributed by atoms with Gasteiger partial charge in [0.05, 0.1) is 30.5 Å². The van der Waals surface area contributed by atoms with Crippen LogP contribution in [0.4, 0.5) is 13.2 Å². The molecule has 1 aliphatic heterocycles. The van der Waals surface area contributed by atoms with E-state index in [0.29, 0.717) is 30.1 Å². The monoisotopic (exact) mass is 446 g/mol. The van der Waals surface area contributed by atoms with Crippen LogP contribution in [0.5, 0.6) is 11.5 Å². The van der Waals surface area contributed by atoms with Crippen molar-refractivity contribution in [1.82, 2.24) is 19.4 Å². The zero-order valence-electron chi connectivity index (χ0n) is 17.5. The van der Waals surface area contributed by atoms with E-state index in [9.17, 15) is 18.0 Å². The SMILES string of the molecule is COc1cc(C(=O)N2CC[C@H](Oc3ccccc3C(F)(F)F)C2)cnc1-n1cnc(C)c1. The molecule has 1 fully saturated rings. The zero-order chi connectivity index (χ0) is 22.9. The molecule has 3 aromatic rings. The van der Waals surface area contributed by atoms with Crippen LogP contribution in [0.3, 0.4) is 0 Å². The fraction of sp³-hybridized carbons (Fsp3) is 0.318. The van der Waals surface area contributed by atoms with Gasteiger partial charge < -0.3 is 14.4 Å². The fourth-order valence-corrected chi connectivity index (χ4v) is 3.61. The Labute approximate surface area is 182 Å². The van der Waals surface area contributed by atoms with Crippen molar-refractivity contribution in [3.05, 3.63) is 65.9 Å². The molecule has 1 aliphatic rings. The summed E-state index contributed by atoms with van der Waals surface area (Å²) in [5.41, 5.74) is 0.298. The summed E-state index contributed by atoms with van der Waals surface area (Å²) in [6.07, 6.45) is 0.210. The molecular weight excluding hydrogens is 425 g/mol. The van der Waals surface area contributed by atoms with Gasteiger partial charge in [0.15, 0.2) is 11.6 Å². The molecule has 1 saturated heterocycles. The molecule has 0 bridgehead atoms. The van der Waals surface area contributed by atoms with E-state index in [1.807, 2.05) is 6.92 Å². The number of benzene rings is 1. The predicted molar refractivity (Wildman–Crippen MR) is 109 cm³/mol. The van der Waals surface area contributed by atoms with E-state index in [2.05, 4.69) is 9.97 Å². The number of carbonyl (C=O) groups is 1. The number of rotatable bonds is 5. The van der Waals surface area contributed by atoms with Crippen LogP contribution in [0.2, 0.25) is 0 Å². The summed E-state index contributed by atoms with van der Waals surface area (Å²) in [5, 5.41) is 0. The molecule has 1 amide bonds. The van der Waals surface area contributed by atoms with Crippen LogP contribution in [0.15, 0.2) is 49.1 Å². The number of ether oxygens (including phenoxy) is 2. The normalized spacial score (nSPS) is 16.3. The third-order valence-corrected chi connectivity index (χ3v) is 5.17. The number of para-hydroxylation sites is 1. The maximum Gasteiger partial charge on any atom is 0.419 e. The lowest BCUT2D eigenvalue weighted by molar-refractivity contribution is -0.139. The number of pyridine rings is 1. The summed E-state index contributed by atoms with van der Waals surface area (Å²) in [4.78, 5) is 23.0. The number of hydrogen-bond donors (Lipinski definition) is 0. The third kappa shape index (κ3) is 4.39. The van der Waals surface area contributed by atoms with Crippen LogP contribution in [0.25, 0.3) is 5.82 Å². The Bertz CT molecular complexity index is 1130. The maximum absolute atomic E-state index is 13.2. The van der Waals surface area contributed by atoms with Gasteiger partial charge in [-0.05, 0) is 25.1 Å². The molecule has 3 heterocycles. The van der Waals surface area contributed by atoms with Crippen molar-refractivity contribution in [1.29, 1.82) is 0 Å². The van der Waals surface area contributed by atoms with E-state index >= 15 is 0 Å². The minimum Gasteiger partial charge on any atom is -0.493 e. The number of likely N-dealkylation sites (tertiary alicyclic amines) is 1. The Morgan fingerprint density at radius 3 is 2.66 bits per heavy atom. The number of halogens is 3. The number of nitrogens with zero attached hydrogens (tertiary/aromatic N) is 4. The van der Waals surface area contributed by atoms with Crippen molar-refractivity contribution in [2.24, 2.45) is 0 Å². The van der Waals surface area contributed by atoms with Crippen molar-refractivity contribution in [2.75, 3.05) is 20.2 Å². The summed E-state index contributed by atoms with van der Waals surface area (Å²) >= 11 is 0. The van der Waals surface area contributed by atoms with Crippen LogP contribution < -0.4 is 9.47 Å². The molecule has 0 radical (unpaired) electrons. The van der Waals surface area contributed by atoms with Gasteiger partial charge in [-0.3, -0.25) is 9.36 Å². The van der Waals surface area contributed by atoms with Gasteiger partial charge in [-0.1, -0.05) is 12.1 Å². The molecule has 10 heteroatoms. The van der Waals surface area contributed by atoms with Gasteiger partial charge in [0.2, 0.25) is 0 Å². The lowest BCUT2D eigenvalue weighted by Gasteiger charge is -2.19. The third-order valence-electron chi connectivity index (χ3n) is 5.17. The van der Waals surface area contributed by atoms with Crippen molar-refractivity contribution >= 4 is 5.91 Å². The quantitative estimate of drug-likeness (QED) is 0.595. The van der Waals surface area contributed by atoms with E-state index in [1.54, 1.807) is 28.1 Å². The largest absolute Gasteiger partial charge is 0.493 e. The van der Waals surface area contributed by atoms with Gasteiger partial charge in [0, 0.05) is 25.4 Å². The molecule has 0 N–H and O–H groups in total. The molecule has 0 unspecified atom stereocenters. The van der Waals surface area contributed by atoms with Crippen molar-refractivity contribution in [3.8, 4) is 17.3 Å². The van der Waals surface area contributed by atoms with Crippen molar-refractivity contribution in [2.45, 2.75) is 25.6 Å². The standard InChI is InChI=1S/C22H21F3N4O3/c1-14-11-29(13-27-14)20-19(31-2)9-15(10-26-20)21(30)28-8-7-16(12-28)32-18-6-4-3-5-17(18)22(23,24)25/h3-6,9-11,13,16H,7-8,12H2,1-2H3/t16-/m0/s1. The highest BCUT2D eigenvalue weighted by Crippen LogP contribution is 2.37. The first-order valence-electron chi connectivity index (χ1n) is 9.93. The minimum atomic E-state index is -4.51. The lowest BCUT2D eigenvalue weighted by Crippen LogP contribution is -2.31. The number of hydrogen-bond acceptors (Lipinski definition) is 5. The summed E-state index contributed by atoms with van der Waals surface area (Å²) in [7, 11) is 1.48. The number of aryl methyl sites for hydroxylation is 1. The lowest BCUT2D eigenvalue weighted by atomic mass is 10.2. The van der Waals surface area contributed by atoms with Gasteiger partial charge in [0.25, 0.3) is 5.91 Å². The smallest absolute Gasteiger partial charge is 0.419 e. The molecule has 0 spiro atoms. The van der Waals surface area contributed by atoms with E-state index in [0.717, 1.165) is 11.8 Å². The summed E-state index contributed by atoms with van der Waals surface area (Å²) in [6, 6.07) is 6.67. The Kier molecular flexibility index (Phi) is 5.77. The Balaban J connectivity index is 1.48. The van der Waals surface area contributed by atoms with Crippen LogP contribution in [0.1, 0.15) is 28.0 Å². The molecule has 2 aromatic heterocycles. The predicted octanol–water partition coefficient (Wildman–Crippen LogP) is 3.90. The summed E-state index contributed by atoms with van der Waals surface area (Å²) < 4.78 is 52.3. The maximum atomic E-state index is 13.2. The summed E-state index contributed by atoms with van der Waals surface area (Å²) in [6.45, 7) is 2.39. The van der Waals surface area contributed by atoms with E-state index < -0.39 is 17.8 Å². The van der Waals surface area contributed by atoms with Crippen LogP contribution in [0, 0.1) is 6.92 Å². The van der Waals surface area contributed by atoms with Gasteiger partial charge in [0.1, 0.15) is 18.2 Å². The Morgan fingerprint density at radius 2 is 1.97 bits per heavy atom. The topological polar surface area (TPSA) is 69.5 Å². The molecule has 32 heavy (non-hydrogen) atoms. The molecular formula is C22H21F3N4O3. The first kappa shape index (κ1) is 21.7. The molecule has 0 aliphatic carbocycles. The van der Waals surface area contributed by atoms with Crippen molar-refractivity contribution < 1.29 is 27.4 Å². The Morgan fingerprint density at radius 1 is 1.19 bits per heavy atom. The number of aromatic nitrogens is 3. The average molecular weight is 446 g/mol. The number of methoxy groups -OCH3 is 1. The van der Waals surface area contributed by atoms with E-state index in [-0.39, 0.29) is 18.2 Å². The molecule has 168 valence electrons. The number of carbonyl (C=O) groups excluding carboxylic acids is 1. The molecule has 1 aromatic carbocycles. The van der Waals surface area contributed by atoms with Crippen molar-refractivity contribution in [3.63, 3.8) is 0 Å². The van der Waals surface area contributed by atoms with Crippen LogP contribution in [-0.2, 0) is 6.18 Å². The summed E-state index contributed by atoms with van der Waals surface area (Å²) in [5.74, 6) is 0.373. The van der Waals surface area contributed by atoms with Gasteiger partial charge >= 0.3 is 6.18 Å². The second-order valence-corrected chi connectivity index (χ2v) is 7.45. The second-order valence-electron chi connectivity index (χ2n) is 7.45. The first-order chi connectivity index (χ1) is 15.3.